The summed E-state index contributed by atoms with van der Waals surface area (Å²) in [6, 6.07) is 23.7. The second kappa shape index (κ2) is 10.1. The first-order valence-corrected chi connectivity index (χ1v) is 12.1. The van der Waals surface area contributed by atoms with Crippen molar-refractivity contribution < 1.29 is 9.90 Å². The number of hydrogen-bond donors (Lipinski definition) is 2. The predicted molar refractivity (Wildman–Crippen MR) is 134 cm³/mol. The van der Waals surface area contributed by atoms with E-state index in [1.165, 1.54) is 0 Å². The molecule has 0 fully saturated rings. The number of hydrogen-bond acceptors (Lipinski definition) is 6. The Hall–Kier alpha value is -3.59. The average molecular weight is 472 g/mol. The van der Waals surface area contributed by atoms with Gasteiger partial charge in [0, 0.05) is 30.3 Å². The first kappa shape index (κ1) is 22.2. The Morgan fingerprint density at radius 1 is 1.06 bits per heavy atom. The molecular formula is C26H25N5O2S. The van der Waals surface area contributed by atoms with Gasteiger partial charge in [0.05, 0.1) is 41.2 Å². The third kappa shape index (κ3) is 4.56. The molecule has 1 aliphatic rings. The standard InChI is InChI=1S/C26H25N5O2S/c32-14-13-27-17-25(33)31-23(16-22(28-31)24-12-7-15-34-24)21-18-30(20-10-5-2-6-11-20)29-26(21)19-8-3-1-4-9-19/h1-12,15,18,23,27,32H,13-14,16-17H2/t23-/m1/s1. The van der Waals surface area contributed by atoms with Crippen LogP contribution in [0.25, 0.3) is 16.9 Å². The molecule has 3 heterocycles. The number of carbonyl (C=O) groups excluding carboxylic acids is 1. The lowest BCUT2D eigenvalue weighted by Gasteiger charge is -2.22. The number of amides is 1. The van der Waals surface area contributed by atoms with Gasteiger partial charge in [0.25, 0.3) is 5.91 Å². The molecule has 0 radical (unpaired) electrons. The highest BCUT2D eigenvalue weighted by molar-refractivity contribution is 7.12. The molecule has 0 bridgehead atoms. The van der Waals surface area contributed by atoms with Gasteiger partial charge in [0.2, 0.25) is 0 Å². The minimum atomic E-state index is -0.284. The number of hydrazone groups is 1. The highest BCUT2D eigenvalue weighted by Crippen LogP contribution is 2.38. The van der Waals surface area contributed by atoms with Crippen LogP contribution in [0.5, 0.6) is 0 Å². The summed E-state index contributed by atoms with van der Waals surface area (Å²) >= 11 is 1.62. The zero-order valence-electron chi connectivity index (χ0n) is 18.5. The van der Waals surface area contributed by atoms with Crippen LogP contribution in [0.15, 0.2) is 89.5 Å². The van der Waals surface area contributed by atoms with Crippen LogP contribution < -0.4 is 5.32 Å². The second-order valence-electron chi connectivity index (χ2n) is 7.96. The maximum atomic E-state index is 13.2. The molecule has 5 rings (SSSR count). The van der Waals surface area contributed by atoms with Crippen LogP contribution >= 0.6 is 11.3 Å². The van der Waals surface area contributed by atoms with E-state index in [9.17, 15) is 4.79 Å². The van der Waals surface area contributed by atoms with E-state index in [2.05, 4.69) is 5.32 Å². The van der Waals surface area contributed by atoms with Gasteiger partial charge >= 0.3 is 0 Å². The molecule has 0 spiro atoms. The Morgan fingerprint density at radius 2 is 1.82 bits per heavy atom. The Bertz CT molecular complexity index is 1270. The number of nitrogens with zero attached hydrogens (tertiary/aromatic N) is 4. The summed E-state index contributed by atoms with van der Waals surface area (Å²) in [5, 5.41) is 25.4. The van der Waals surface area contributed by atoms with E-state index in [1.54, 1.807) is 16.3 Å². The molecule has 34 heavy (non-hydrogen) atoms. The van der Waals surface area contributed by atoms with Crippen molar-refractivity contribution in [3.05, 3.63) is 94.8 Å². The molecule has 0 aliphatic carbocycles. The number of para-hydroxylation sites is 1. The topological polar surface area (TPSA) is 82.8 Å². The van der Waals surface area contributed by atoms with Crippen LogP contribution in [0.2, 0.25) is 0 Å². The van der Waals surface area contributed by atoms with E-state index in [-0.39, 0.29) is 25.1 Å². The van der Waals surface area contributed by atoms with E-state index in [0.29, 0.717) is 13.0 Å². The zero-order valence-corrected chi connectivity index (χ0v) is 19.4. The van der Waals surface area contributed by atoms with Crippen molar-refractivity contribution in [2.45, 2.75) is 12.5 Å². The minimum absolute atomic E-state index is 0.0254. The molecule has 172 valence electrons. The summed E-state index contributed by atoms with van der Waals surface area (Å²) in [4.78, 5) is 14.3. The fourth-order valence-electron chi connectivity index (χ4n) is 4.09. The van der Waals surface area contributed by atoms with Crippen LogP contribution in [0.3, 0.4) is 0 Å². The van der Waals surface area contributed by atoms with Crippen molar-refractivity contribution in [2.24, 2.45) is 5.10 Å². The molecule has 1 atom stereocenters. The molecule has 0 saturated heterocycles. The molecular weight excluding hydrogens is 446 g/mol. The third-order valence-electron chi connectivity index (χ3n) is 5.71. The van der Waals surface area contributed by atoms with Crippen molar-refractivity contribution in [1.82, 2.24) is 20.1 Å². The SMILES string of the molecule is O=C(CNCCO)N1N=C(c2cccs2)C[C@@H]1c1cn(-c2ccccc2)nc1-c1ccccc1. The number of aliphatic hydroxyl groups excluding tert-OH is 1. The lowest BCUT2D eigenvalue weighted by atomic mass is 9.98. The normalized spacial score (nSPS) is 15.5. The van der Waals surface area contributed by atoms with E-state index in [4.69, 9.17) is 15.3 Å². The smallest absolute Gasteiger partial charge is 0.257 e. The van der Waals surface area contributed by atoms with Crippen LogP contribution in [-0.2, 0) is 4.79 Å². The van der Waals surface area contributed by atoms with E-state index < -0.39 is 0 Å². The zero-order chi connectivity index (χ0) is 23.3. The number of aliphatic hydroxyl groups is 1. The van der Waals surface area contributed by atoms with Gasteiger partial charge in [-0.1, -0.05) is 54.6 Å². The Kier molecular flexibility index (Phi) is 6.62. The van der Waals surface area contributed by atoms with Gasteiger partial charge in [-0.3, -0.25) is 4.79 Å². The Morgan fingerprint density at radius 3 is 2.53 bits per heavy atom. The quantitative estimate of drug-likeness (QED) is 0.382. The van der Waals surface area contributed by atoms with Crippen molar-refractivity contribution in [2.75, 3.05) is 19.7 Å². The van der Waals surface area contributed by atoms with Gasteiger partial charge in [0.1, 0.15) is 0 Å². The molecule has 1 amide bonds. The Balaban J connectivity index is 1.57. The molecule has 0 unspecified atom stereocenters. The van der Waals surface area contributed by atoms with Gasteiger partial charge in [-0.2, -0.15) is 10.2 Å². The van der Waals surface area contributed by atoms with E-state index in [0.717, 1.165) is 33.1 Å². The minimum Gasteiger partial charge on any atom is -0.395 e. The highest BCUT2D eigenvalue weighted by atomic mass is 32.1. The fraction of sp³-hybridized carbons (Fsp3) is 0.192. The number of thiophene rings is 1. The van der Waals surface area contributed by atoms with Crippen molar-refractivity contribution in [3.8, 4) is 16.9 Å². The maximum Gasteiger partial charge on any atom is 0.257 e. The lowest BCUT2D eigenvalue weighted by Crippen LogP contribution is -2.36. The number of rotatable bonds is 8. The second-order valence-corrected chi connectivity index (χ2v) is 8.91. The molecule has 2 aromatic heterocycles. The summed E-state index contributed by atoms with van der Waals surface area (Å²) in [6.07, 6.45) is 2.61. The summed E-state index contributed by atoms with van der Waals surface area (Å²) in [6.45, 7) is 0.432. The summed E-state index contributed by atoms with van der Waals surface area (Å²) in [5.74, 6) is -0.142. The Labute approximate surface area is 202 Å². The molecule has 2 N–H and O–H groups in total. The first-order chi connectivity index (χ1) is 16.7. The molecule has 7 nitrogen and oxygen atoms in total. The monoisotopic (exact) mass is 471 g/mol. The van der Waals surface area contributed by atoms with Crippen LogP contribution in [0.4, 0.5) is 0 Å². The number of aromatic nitrogens is 2. The number of benzene rings is 2. The maximum absolute atomic E-state index is 13.2. The van der Waals surface area contributed by atoms with Gasteiger partial charge in [-0.15, -0.1) is 11.3 Å². The van der Waals surface area contributed by atoms with Crippen LogP contribution in [0.1, 0.15) is 22.9 Å². The van der Waals surface area contributed by atoms with Crippen LogP contribution in [-0.4, -0.2) is 51.2 Å². The average Bonchev–Trinajstić information content (AvgIpc) is 3.64. The number of nitrogens with one attached hydrogen (secondary N) is 1. The van der Waals surface area contributed by atoms with E-state index >= 15 is 0 Å². The summed E-state index contributed by atoms with van der Waals surface area (Å²) < 4.78 is 1.87. The molecule has 8 heteroatoms. The fourth-order valence-corrected chi connectivity index (χ4v) is 4.82. The molecule has 0 saturated carbocycles. The summed E-state index contributed by atoms with van der Waals surface area (Å²) in [7, 11) is 0. The number of carbonyl (C=O) groups is 1. The molecule has 1 aliphatic heterocycles. The summed E-state index contributed by atoms with van der Waals surface area (Å²) in [5.41, 5.74) is 4.61. The van der Waals surface area contributed by atoms with Gasteiger partial charge < -0.3 is 10.4 Å². The van der Waals surface area contributed by atoms with Crippen LogP contribution in [0, 0.1) is 0 Å². The van der Waals surface area contributed by atoms with Crippen molar-refractivity contribution in [1.29, 1.82) is 0 Å². The predicted octanol–water partition coefficient (Wildman–Crippen LogP) is 3.86. The first-order valence-electron chi connectivity index (χ1n) is 11.2. The van der Waals surface area contributed by atoms with Gasteiger partial charge in [-0.25, -0.2) is 9.69 Å². The van der Waals surface area contributed by atoms with Gasteiger partial charge in [0.15, 0.2) is 0 Å². The lowest BCUT2D eigenvalue weighted by molar-refractivity contribution is -0.132. The molecule has 4 aromatic rings. The molecule has 2 aromatic carbocycles. The third-order valence-corrected chi connectivity index (χ3v) is 6.62. The van der Waals surface area contributed by atoms with Crippen molar-refractivity contribution in [3.63, 3.8) is 0 Å². The van der Waals surface area contributed by atoms with E-state index in [1.807, 2.05) is 89.1 Å². The highest BCUT2D eigenvalue weighted by Gasteiger charge is 2.36. The van der Waals surface area contributed by atoms with Gasteiger partial charge in [-0.05, 0) is 23.6 Å². The largest absolute Gasteiger partial charge is 0.395 e. The van der Waals surface area contributed by atoms with Crippen molar-refractivity contribution >= 4 is 23.0 Å².